The quantitative estimate of drug-likeness (QED) is 0.841. The Hall–Kier alpha value is -2.24. The van der Waals surface area contributed by atoms with Crippen molar-refractivity contribution in [3.05, 3.63) is 23.3 Å². The monoisotopic (exact) mass is 321 g/mol. The van der Waals surface area contributed by atoms with Gasteiger partial charge in [0.05, 0.1) is 26.2 Å². The van der Waals surface area contributed by atoms with E-state index in [-0.39, 0.29) is 12.3 Å². The lowest BCUT2D eigenvalue weighted by molar-refractivity contribution is -0.138. The first-order valence-electron chi connectivity index (χ1n) is 7.68. The molecular weight excluding hydrogens is 298 g/mol. The molecule has 0 spiro atoms. The van der Waals surface area contributed by atoms with Crippen LogP contribution in [0.5, 0.6) is 11.5 Å². The summed E-state index contributed by atoms with van der Waals surface area (Å²) in [6, 6.07) is 3.37. The summed E-state index contributed by atoms with van der Waals surface area (Å²) in [6.45, 7) is 1.81. The third kappa shape index (κ3) is 3.75. The molecule has 2 rings (SSSR count). The standard InChI is InChI=1S/C17H23NO5/c1-11-8-13(22-2)14(23-3)9-12(11)16(21)18-17(10-15(19)20)6-4-5-7-17/h8-9H,4-7,10H2,1-3H3,(H,18,21)(H,19,20). The summed E-state index contributed by atoms with van der Waals surface area (Å²) in [6.07, 6.45) is 3.19. The van der Waals surface area contributed by atoms with Crippen LogP contribution in [0.1, 0.15) is 48.0 Å². The van der Waals surface area contributed by atoms with E-state index in [4.69, 9.17) is 14.6 Å². The number of methoxy groups -OCH3 is 2. The van der Waals surface area contributed by atoms with Crippen LogP contribution in [0.3, 0.4) is 0 Å². The maximum Gasteiger partial charge on any atom is 0.305 e. The Labute approximate surface area is 135 Å². The van der Waals surface area contributed by atoms with Crippen molar-refractivity contribution in [2.24, 2.45) is 0 Å². The molecule has 1 amide bonds. The van der Waals surface area contributed by atoms with Gasteiger partial charge in [-0.1, -0.05) is 12.8 Å². The molecule has 6 nitrogen and oxygen atoms in total. The Morgan fingerprint density at radius 1 is 1.17 bits per heavy atom. The van der Waals surface area contributed by atoms with E-state index in [2.05, 4.69) is 5.32 Å². The molecular formula is C17H23NO5. The van der Waals surface area contributed by atoms with E-state index in [1.807, 2.05) is 6.92 Å². The summed E-state index contributed by atoms with van der Waals surface area (Å²) >= 11 is 0. The van der Waals surface area contributed by atoms with E-state index in [0.29, 0.717) is 29.9 Å². The number of benzene rings is 1. The van der Waals surface area contributed by atoms with Gasteiger partial charge in [0, 0.05) is 5.56 Å². The average molecular weight is 321 g/mol. The maximum atomic E-state index is 12.7. The van der Waals surface area contributed by atoms with E-state index >= 15 is 0 Å². The minimum Gasteiger partial charge on any atom is -0.493 e. The minimum absolute atomic E-state index is 0.0505. The Balaban J connectivity index is 2.27. The molecule has 1 aromatic rings. The van der Waals surface area contributed by atoms with Crippen LogP contribution in [0.4, 0.5) is 0 Å². The van der Waals surface area contributed by atoms with E-state index in [9.17, 15) is 9.59 Å². The van der Waals surface area contributed by atoms with Crippen LogP contribution in [0.2, 0.25) is 0 Å². The summed E-state index contributed by atoms with van der Waals surface area (Å²) in [5, 5.41) is 12.1. The molecule has 0 atom stereocenters. The van der Waals surface area contributed by atoms with Crippen molar-refractivity contribution < 1.29 is 24.2 Å². The van der Waals surface area contributed by atoms with E-state index in [1.54, 1.807) is 12.1 Å². The Morgan fingerprint density at radius 2 is 1.74 bits per heavy atom. The highest BCUT2D eigenvalue weighted by Gasteiger charge is 2.37. The predicted molar refractivity (Wildman–Crippen MR) is 85.2 cm³/mol. The number of hydrogen-bond acceptors (Lipinski definition) is 4. The number of ether oxygens (including phenoxy) is 2. The number of hydrogen-bond donors (Lipinski definition) is 2. The van der Waals surface area contributed by atoms with Gasteiger partial charge >= 0.3 is 5.97 Å². The highest BCUT2D eigenvalue weighted by Crippen LogP contribution is 2.34. The maximum absolute atomic E-state index is 12.7. The number of carbonyl (C=O) groups is 2. The number of amides is 1. The van der Waals surface area contributed by atoms with Crippen LogP contribution in [-0.4, -0.2) is 36.7 Å². The van der Waals surface area contributed by atoms with Crippen molar-refractivity contribution in [1.82, 2.24) is 5.32 Å². The van der Waals surface area contributed by atoms with Gasteiger partial charge < -0.3 is 19.9 Å². The van der Waals surface area contributed by atoms with Crippen molar-refractivity contribution in [2.75, 3.05) is 14.2 Å². The fourth-order valence-corrected chi connectivity index (χ4v) is 3.22. The Kier molecular flexibility index (Phi) is 5.13. The van der Waals surface area contributed by atoms with E-state index in [1.165, 1.54) is 14.2 Å². The Bertz CT molecular complexity index is 605. The molecule has 1 aliphatic rings. The smallest absolute Gasteiger partial charge is 0.305 e. The van der Waals surface area contributed by atoms with Crippen LogP contribution in [0.15, 0.2) is 12.1 Å². The first-order valence-corrected chi connectivity index (χ1v) is 7.68. The molecule has 126 valence electrons. The SMILES string of the molecule is COc1cc(C)c(C(=O)NC2(CC(=O)O)CCCC2)cc1OC. The van der Waals surface area contributed by atoms with Crippen LogP contribution in [0.25, 0.3) is 0 Å². The summed E-state index contributed by atoms with van der Waals surface area (Å²) in [7, 11) is 3.05. The third-order valence-corrected chi connectivity index (χ3v) is 4.40. The molecule has 1 fully saturated rings. The molecule has 2 N–H and O–H groups in total. The van der Waals surface area contributed by atoms with Gasteiger partial charge in [-0.25, -0.2) is 0 Å². The van der Waals surface area contributed by atoms with Gasteiger partial charge in [0.15, 0.2) is 11.5 Å². The van der Waals surface area contributed by atoms with Gasteiger partial charge in [-0.2, -0.15) is 0 Å². The summed E-state index contributed by atoms with van der Waals surface area (Å²) < 4.78 is 10.5. The molecule has 0 bridgehead atoms. The first-order chi connectivity index (χ1) is 10.9. The zero-order valence-corrected chi connectivity index (χ0v) is 13.8. The molecule has 0 saturated heterocycles. The second-order valence-corrected chi connectivity index (χ2v) is 6.03. The zero-order chi connectivity index (χ0) is 17.0. The number of carbonyl (C=O) groups excluding carboxylic acids is 1. The van der Waals surface area contributed by atoms with Crippen molar-refractivity contribution in [2.45, 2.75) is 44.6 Å². The van der Waals surface area contributed by atoms with Crippen molar-refractivity contribution in [3.63, 3.8) is 0 Å². The van der Waals surface area contributed by atoms with E-state index in [0.717, 1.165) is 18.4 Å². The third-order valence-electron chi connectivity index (χ3n) is 4.40. The fourth-order valence-electron chi connectivity index (χ4n) is 3.22. The number of carboxylic acid groups (broad SMARTS) is 1. The van der Waals surface area contributed by atoms with Crippen LogP contribution in [-0.2, 0) is 4.79 Å². The lowest BCUT2D eigenvalue weighted by Crippen LogP contribution is -2.48. The molecule has 0 unspecified atom stereocenters. The van der Waals surface area contributed by atoms with Gasteiger partial charge in [-0.3, -0.25) is 9.59 Å². The van der Waals surface area contributed by atoms with E-state index < -0.39 is 11.5 Å². The van der Waals surface area contributed by atoms with Gasteiger partial charge in [-0.05, 0) is 37.5 Å². The van der Waals surface area contributed by atoms with Gasteiger partial charge in [-0.15, -0.1) is 0 Å². The predicted octanol–water partition coefficient (Wildman–Crippen LogP) is 2.53. The highest BCUT2D eigenvalue weighted by molar-refractivity contribution is 5.97. The molecule has 0 aliphatic heterocycles. The van der Waals surface area contributed by atoms with Crippen molar-refractivity contribution in [3.8, 4) is 11.5 Å². The van der Waals surface area contributed by atoms with Crippen LogP contribution in [0, 0.1) is 6.92 Å². The number of nitrogens with one attached hydrogen (secondary N) is 1. The van der Waals surface area contributed by atoms with Crippen molar-refractivity contribution >= 4 is 11.9 Å². The summed E-state index contributed by atoms with van der Waals surface area (Å²) in [4.78, 5) is 23.8. The normalized spacial score (nSPS) is 16.0. The van der Waals surface area contributed by atoms with Crippen molar-refractivity contribution in [1.29, 1.82) is 0 Å². The molecule has 1 aromatic carbocycles. The summed E-state index contributed by atoms with van der Waals surface area (Å²) in [5.74, 6) is -0.132. The van der Waals surface area contributed by atoms with Gasteiger partial charge in [0.2, 0.25) is 0 Å². The highest BCUT2D eigenvalue weighted by atomic mass is 16.5. The minimum atomic E-state index is -0.892. The molecule has 0 aromatic heterocycles. The summed E-state index contributed by atoms with van der Waals surface area (Å²) in [5.41, 5.74) is 0.575. The average Bonchev–Trinajstić information content (AvgIpc) is 2.93. The van der Waals surface area contributed by atoms with Crippen LogP contribution < -0.4 is 14.8 Å². The molecule has 0 radical (unpaired) electrons. The largest absolute Gasteiger partial charge is 0.493 e. The number of carboxylic acids is 1. The molecule has 23 heavy (non-hydrogen) atoms. The zero-order valence-electron chi connectivity index (χ0n) is 13.8. The molecule has 0 heterocycles. The number of aliphatic carboxylic acids is 1. The van der Waals surface area contributed by atoms with Gasteiger partial charge in [0.1, 0.15) is 0 Å². The van der Waals surface area contributed by atoms with Gasteiger partial charge in [0.25, 0.3) is 5.91 Å². The second kappa shape index (κ2) is 6.89. The molecule has 1 saturated carbocycles. The fraction of sp³-hybridized carbons (Fsp3) is 0.529. The lowest BCUT2D eigenvalue weighted by atomic mass is 9.92. The number of aryl methyl sites for hydroxylation is 1. The topological polar surface area (TPSA) is 84.9 Å². The molecule has 6 heteroatoms. The van der Waals surface area contributed by atoms with Crippen LogP contribution >= 0.6 is 0 Å². The second-order valence-electron chi connectivity index (χ2n) is 6.03. The Morgan fingerprint density at radius 3 is 2.26 bits per heavy atom. The number of rotatable bonds is 6. The first kappa shape index (κ1) is 17.1. The molecule has 1 aliphatic carbocycles. The lowest BCUT2D eigenvalue weighted by Gasteiger charge is -2.29.